The number of anilines is 1. The maximum Gasteiger partial charge on any atom is 0.423 e. The zero-order valence-electron chi connectivity index (χ0n) is 9.21. The minimum atomic E-state index is -4.66. The highest BCUT2D eigenvalue weighted by Gasteiger charge is 2.39. The first-order chi connectivity index (χ1) is 7.89. The number of nitrogens with zero attached hydrogens (tertiary/aromatic N) is 2. The highest BCUT2D eigenvalue weighted by Crippen LogP contribution is 2.35. The summed E-state index contributed by atoms with van der Waals surface area (Å²) in [5.74, 6) is 0.329. The Hall–Kier alpha value is -1.53. The van der Waals surface area contributed by atoms with Crippen molar-refractivity contribution in [3.05, 3.63) is 22.1 Å². The Balaban J connectivity index is 2.47. The van der Waals surface area contributed by atoms with Gasteiger partial charge in [-0.2, -0.15) is 18.3 Å². The van der Waals surface area contributed by atoms with Gasteiger partial charge < -0.3 is 4.90 Å². The molecule has 0 aromatic carbocycles. The fraction of sp³-hybridized carbons (Fsp3) is 0.600. The van der Waals surface area contributed by atoms with E-state index in [-0.39, 0.29) is 5.69 Å². The third-order valence-electron chi connectivity index (χ3n) is 2.88. The molecule has 1 N–H and O–H groups in total. The van der Waals surface area contributed by atoms with Crippen LogP contribution in [0.15, 0.2) is 11.0 Å². The van der Waals surface area contributed by atoms with E-state index in [2.05, 4.69) is 5.10 Å². The molecular formula is C10H12F3N3O. The molecular weight excluding hydrogens is 235 g/mol. The first kappa shape index (κ1) is 11.9. The van der Waals surface area contributed by atoms with Crippen molar-refractivity contribution in [2.24, 2.45) is 5.92 Å². The second-order valence-corrected chi connectivity index (χ2v) is 4.30. The number of H-pyrrole nitrogens is 1. The zero-order valence-corrected chi connectivity index (χ0v) is 9.21. The summed E-state index contributed by atoms with van der Waals surface area (Å²) in [5.41, 5.74) is -2.46. The number of aromatic amines is 1. The Morgan fingerprint density at radius 1 is 1.53 bits per heavy atom. The molecule has 0 spiro atoms. The van der Waals surface area contributed by atoms with E-state index >= 15 is 0 Å². The topological polar surface area (TPSA) is 49.0 Å². The molecule has 1 saturated heterocycles. The lowest BCUT2D eigenvalue weighted by molar-refractivity contribution is -0.138. The standard InChI is InChI=1S/C10H12F3N3O/c1-6-2-3-16(5-6)7-4-14-15-9(17)8(7)10(11,12)13/h4,6H,2-3,5H2,1H3,(H,15,17). The second-order valence-electron chi connectivity index (χ2n) is 4.30. The lowest BCUT2D eigenvalue weighted by Gasteiger charge is -2.21. The van der Waals surface area contributed by atoms with E-state index in [1.807, 2.05) is 12.0 Å². The predicted molar refractivity (Wildman–Crippen MR) is 55.9 cm³/mol. The predicted octanol–water partition coefficient (Wildman–Crippen LogP) is 1.63. The summed E-state index contributed by atoms with van der Waals surface area (Å²) in [6.45, 7) is 3.01. The largest absolute Gasteiger partial charge is 0.423 e. The maximum absolute atomic E-state index is 12.8. The molecule has 94 valence electrons. The minimum Gasteiger partial charge on any atom is -0.369 e. The third kappa shape index (κ3) is 2.27. The Morgan fingerprint density at radius 3 is 2.76 bits per heavy atom. The molecule has 0 radical (unpaired) electrons. The average molecular weight is 247 g/mol. The number of aromatic nitrogens is 2. The summed E-state index contributed by atoms with van der Waals surface area (Å²) in [6.07, 6.45) is -2.76. The number of alkyl halides is 3. The first-order valence-corrected chi connectivity index (χ1v) is 5.29. The lowest BCUT2D eigenvalue weighted by atomic mass is 10.2. The van der Waals surface area contributed by atoms with Crippen LogP contribution in [0.4, 0.5) is 18.9 Å². The van der Waals surface area contributed by atoms with Crippen LogP contribution in [-0.2, 0) is 6.18 Å². The van der Waals surface area contributed by atoms with Crippen molar-refractivity contribution >= 4 is 5.69 Å². The van der Waals surface area contributed by atoms with Crippen LogP contribution in [0.5, 0.6) is 0 Å². The molecule has 17 heavy (non-hydrogen) atoms. The van der Waals surface area contributed by atoms with Gasteiger partial charge in [-0.05, 0) is 12.3 Å². The van der Waals surface area contributed by atoms with Gasteiger partial charge in [0.2, 0.25) is 0 Å². The van der Waals surface area contributed by atoms with Gasteiger partial charge in [0, 0.05) is 13.1 Å². The number of hydrogen-bond acceptors (Lipinski definition) is 3. The molecule has 1 unspecified atom stereocenters. The molecule has 2 heterocycles. The molecule has 1 aliphatic rings. The summed E-state index contributed by atoms with van der Waals surface area (Å²) < 4.78 is 38.4. The molecule has 0 bridgehead atoms. The van der Waals surface area contributed by atoms with Gasteiger partial charge in [-0.3, -0.25) is 4.79 Å². The van der Waals surface area contributed by atoms with E-state index in [9.17, 15) is 18.0 Å². The Bertz CT molecular complexity index is 469. The fourth-order valence-electron chi connectivity index (χ4n) is 2.06. The summed E-state index contributed by atoms with van der Waals surface area (Å²) in [6, 6.07) is 0. The minimum absolute atomic E-state index is 0.120. The van der Waals surface area contributed by atoms with Crippen LogP contribution in [0.2, 0.25) is 0 Å². The molecule has 0 aliphatic carbocycles. The summed E-state index contributed by atoms with van der Waals surface area (Å²) >= 11 is 0. The normalized spacial score (nSPS) is 20.9. The van der Waals surface area contributed by atoms with E-state index < -0.39 is 17.3 Å². The van der Waals surface area contributed by atoms with Gasteiger partial charge in [-0.15, -0.1) is 0 Å². The van der Waals surface area contributed by atoms with Crippen molar-refractivity contribution in [3.8, 4) is 0 Å². The molecule has 0 saturated carbocycles. The average Bonchev–Trinajstić information content (AvgIpc) is 2.62. The maximum atomic E-state index is 12.8. The van der Waals surface area contributed by atoms with Crippen LogP contribution < -0.4 is 10.5 Å². The molecule has 1 atom stereocenters. The van der Waals surface area contributed by atoms with Crippen molar-refractivity contribution in [1.82, 2.24) is 10.2 Å². The first-order valence-electron chi connectivity index (χ1n) is 5.29. The number of nitrogens with one attached hydrogen (secondary N) is 1. The number of rotatable bonds is 1. The highest BCUT2D eigenvalue weighted by molar-refractivity contribution is 5.52. The van der Waals surface area contributed by atoms with Crippen molar-refractivity contribution in [2.75, 3.05) is 18.0 Å². The highest BCUT2D eigenvalue weighted by atomic mass is 19.4. The van der Waals surface area contributed by atoms with Crippen LogP contribution >= 0.6 is 0 Å². The SMILES string of the molecule is CC1CCN(c2cn[nH]c(=O)c2C(F)(F)F)C1. The smallest absolute Gasteiger partial charge is 0.369 e. The number of hydrogen-bond donors (Lipinski definition) is 1. The Morgan fingerprint density at radius 2 is 2.24 bits per heavy atom. The van der Waals surface area contributed by atoms with Crippen molar-refractivity contribution in [3.63, 3.8) is 0 Å². The quantitative estimate of drug-likeness (QED) is 0.820. The monoisotopic (exact) mass is 247 g/mol. The molecule has 4 nitrogen and oxygen atoms in total. The number of halogens is 3. The van der Waals surface area contributed by atoms with E-state index in [1.165, 1.54) is 0 Å². The summed E-state index contributed by atoms with van der Waals surface area (Å²) in [4.78, 5) is 12.8. The van der Waals surface area contributed by atoms with Crippen LogP contribution in [0.3, 0.4) is 0 Å². The molecule has 0 amide bonds. The zero-order chi connectivity index (χ0) is 12.6. The Labute approximate surface area is 95.4 Å². The molecule has 1 fully saturated rings. The van der Waals surface area contributed by atoms with Crippen LogP contribution in [-0.4, -0.2) is 23.3 Å². The van der Waals surface area contributed by atoms with Crippen molar-refractivity contribution in [1.29, 1.82) is 0 Å². The Kier molecular flexibility index (Phi) is 2.84. The summed E-state index contributed by atoms with van der Waals surface area (Å²) in [5, 5.41) is 5.28. The van der Waals surface area contributed by atoms with Crippen LogP contribution in [0.25, 0.3) is 0 Å². The van der Waals surface area contributed by atoms with Gasteiger partial charge in [0.05, 0.1) is 11.9 Å². The van der Waals surface area contributed by atoms with Crippen molar-refractivity contribution in [2.45, 2.75) is 19.5 Å². The van der Waals surface area contributed by atoms with Crippen LogP contribution in [0, 0.1) is 5.92 Å². The fourth-order valence-corrected chi connectivity index (χ4v) is 2.06. The van der Waals surface area contributed by atoms with Gasteiger partial charge >= 0.3 is 6.18 Å². The van der Waals surface area contributed by atoms with Gasteiger partial charge in [0.25, 0.3) is 5.56 Å². The second kappa shape index (κ2) is 4.05. The molecule has 7 heteroatoms. The summed E-state index contributed by atoms with van der Waals surface area (Å²) in [7, 11) is 0. The molecule has 2 rings (SSSR count). The lowest BCUT2D eigenvalue weighted by Crippen LogP contribution is -2.30. The van der Waals surface area contributed by atoms with E-state index in [4.69, 9.17) is 0 Å². The molecule has 1 aromatic rings. The van der Waals surface area contributed by atoms with Gasteiger partial charge in [-0.25, -0.2) is 5.10 Å². The van der Waals surface area contributed by atoms with Crippen molar-refractivity contribution < 1.29 is 13.2 Å². The van der Waals surface area contributed by atoms with Gasteiger partial charge in [-0.1, -0.05) is 6.92 Å². The van der Waals surface area contributed by atoms with E-state index in [0.717, 1.165) is 12.6 Å². The third-order valence-corrected chi connectivity index (χ3v) is 2.88. The van der Waals surface area contributed by atoms with Gasteiger partial charge in [0.1, 0.15) is 5.56 Å². The van der Waals surface area contributed by atoms with Crippen LogP contribution in [0.1, 0.15) is 18.9 Å². The van der Waals surface area contributed by atoms with Gasteiger partial charge in [0.15, 0.2) is 0 Å². The molecule has 1 aliphatic heterocycles. The van der Waals surface area contributed by atoms with E-state index in [0.29, 0.717) is 19.0 Å². The van der Waals surface area contributed by atoms with E-state index in [1.54, 1.807) is 4.90 Å². The molecule has 1 aromatic heterocycles.